The summed E-state index contributed by atoms with van der Waals surface area (Å²) in [6.07, 6.45) is -3.76. The number of rotatable bonds is 9. The number of ether oxygens (including phenoxy) is 1. The van der Waals surface area contributed by atoms with Crippen LogP contribution in [0.5, 0.6) is 0 Å². The molecule has 4 rings (SSSR count). The number of aromatic nitrogens is 1. The van der Waals surface area contributed by atoms with E-state index in [2.05, 4.69) is 14.6 Å². The summed E-state index contributed by atoms with van der Waals surface area (Å²) in [5.74, 6) is 0.550. The first-order valence-electron chi connectivity index (χ1n) is 11.1. The Kier molecular flexibility index (Phi) is 8.12. The Bertz CT molecular complexity index is 1060. The first kappa shape index (κ1) is 24.6. The zero-order valence-electron chi connectivity index (χ0n) is 18.6. The molecule has 0 atom stereocenters. The highest BCUT2D eigenvalue weighted by Gasteiger charge is 2.27. The van der Waals surface area contributed by atoms with Crippen molar-refractivity contribution < 1.29 is 27.1 Å². The number of thioether (sulfide) groups is 1. The van der Waals surface area contributed by atoms with Gasteiger partial charge in [0.25, 0.3) is 11.1 Å². The van der Waals surface area contributed by atoms with Gasteiger partial charge in [0.05, 0.1) is 0 Å². The van der Waals surface area contributed by atoms with E-state index in [0.717, 1.165) is 16.7 Å². The van der Waals surface area contributed by atoms with E-state index in [1.165, 1.54) is 11.8 Å². The maximum atomic E-state index is 13.2. The lowest BCUT2D eigenvalue weighted by Gasteiger charge is -2.35. The van der Waals surface area contributed by atoms with Crippen LogP contribution >= 0.6 is 11.8 Å². The van der Waals surface area contributed by atoms with Gasteiger partial charge in [-0.2, -0.15) is 13.2 Å². The quantitative estimate of drug-likeness (QED) is 0.314. The van der Waals surface area contributed by atoms with Crippen LogP contribution in [-0.2, 0) is 10.5 Å². The number of hydrogen-bond acceptors (Lipinski definition) is 6. The van der Waals surface area contributed by atoms with Crippen molar-refractivity contribution >= 4 is 28.8 Å². The number of halogens is 3. The Hall–Kier alpha value is -2.56. The van der Waals surface area contributed by atoms with Crippen LogP contribution in [0.3, 0.4) is 0 Å². The Labute approximate surface area is 200 Å². The van der Waals surface area contributed by atoms with Crippen molar-refractivity contribution in [2.24, 2.45) is 0 Å². The van der Waals surface area contributed by atoms with Crippen LogP contribution in [0.25, 0.3) is 11.1 Å². The molecular weight excluding hydrogens is 467 g/mol. The topological polar surface area (TPSA) is 58.8 Å². The molecule has 10 heteroatoms. The number of alkyl halides is 3. The van der Waals surface area contributed by atoms with Crippen LogP contribution in [0.4, 0.5) is 13.2 Å². The number of benzene rings is 2. The molecule has 182 valence electrons. The lowest BCUT2D eigenvalue weighted by molar-refractivity contribution is -0.174. The number of oxazole rings is 1. The molecule has 1 saturated heterocycles. The normalized spacial score (nSPS) is 15.2. The SMILES string of the molecule is O=C(c1ccccc1CSc1nc2ccccc2o1)N1CCN(CCCOCC(F)(F)F)CC1. The van der Waals surface area contributed by atoms with E-state index in [4.69, 9.17) is 4.42 Å². The highest BCUT2D eigenvalue weighted by molar-refractivity contribution is 7.98. The fraction of sp³-hybridized carbons (Fsp3) is 0.417. The highest BCUT2D eigenvalue weighted by atomic mass is 32.2. The number of hydrogen-bond donors (Lipinski definition) is 0. The van der Waals surface area contributed by atoms with Crippen molar-refractivity contribution in [2.45, 2.75) is 23.6 Å². The molecule has 0 radical (unpaired) electrons. The van der Waals surface area contributed by atoms with Gasteiger partial charge < -0.3 is 14.1 Å². The molecule has 0 unspecified atom stereocenters. The minimum atomic E-state index is -4.29. The molecular formula is C24H26F3N3O3S. The Morgan fingerprint density at radius 1 is 1.06 bits per heavy atom. The number of amides is 1. The van der Waals surface area contributed by atoms with Gasteiger partial charge in [0, 0.05) is 50.6 Å². The Balaban J connectivity index is 1.26. The fourth-order valence-corrected chi connectivity index (χ4v) is 4.67. The summed E-state index contributed by atoms with van der Waals surface area (Å²) in [6, 6.07) is 15.1. The number of fused-ring (bicyclic) bond motifs is 1. The van der Waals surface area contributed by atoms with Gasteiger partial charge in [-0.15, -0.1) is 0 Å². The van der Waals surface area contributed by atoms with Crippen molar-refractivity contribution in [2.75, 3.05) is 45.9 Å². The van der Waals surface area contributed by atoms with E-state index >= 15 is 0 Å². The molecule has 2 aromatic carbocycles. The largest absolute Gasteiger partial charge is 0.431 e. The third kappa shape index (κ3) is 6.74. The minimum Gasteiger partial charge on any atom is -0.431 e. The third-order valence-electron chi connectivity index (χ3n) is 5.56. The maximum Gasteiger partial charge on any atom is 0.411 e. The maximum absolute atomic E-state index is 13.2. The molecule has 0 N–H and O–H groups in total. The molecule has 3 aromatic rings. The van der Waals surface area contributed by atoms with Crippen molar-refractivity contribution in [1.29, 1.82) is 0 Å². The van der Waals surface area contributed by atoms with Gasteiger partial charge in [-0.25, -0.2) is 4.98 Å². The fourth-order valence-electron chi connectivity index (χ4n) is 3.83. The van der Waals surface area contributed by atoms with Gasteiger partial charge in [0.2, 0.25) is 0 Å². The second kappa shape index (κ2) is 11.2. The van der Waals surface area contributed by atoms with Gasteiger partial charge in [0.1, 0.15) is 12.1 Å². The van der Waals surface area contributed by atoms with E-state index in [9.17, 15) is 18.0 Å². The summed E-state index contributed by atoms with van der Waals surface area (Å²) in [4.78, 5) is 21.7. The van der Waals surface area contributed by atoms with Crippen LogP contribution in [0.1, 0.15) is 22.3 Å². The average molecular weight is 494 g/mol. The van der Waals surface area contributed by atoms with Gasteiger partial charge in [0.15, 0.2) is 5.58 Å². The van der Waals surface area contributed by atoms with Crippen LogP contribution in [0.15, 0.2) is 58.2 Å². The molecule has 2 heterocycles. The Morgan fingerprint density at radius 2 is 1.79 bits per heavy atom. The van der Waals surface area contributed by atoms with E-state index < -0.39 is 12.8 Å². The molecule has 1 aliphatic rings. The summed E-state index contributed by atoms with van der Waals surface area (Å²) in [5.41, 5.74) is 3.13. The summed E-state index contributed by atoms with van der Waals surface area (Å²) in [6.45, 7) is 2.04. The first-order valence-corrected chi connectivity index (χ1v) is 12.1. The first-order chi connectivity index (χ1) is 16.4. The summed E-state index contributed by atoms with van der Waals surface area (Å²) < 4.78 is 46.8. The molecule has 0 bridgehead atoms. The lowest BCUT2D eigenvalue weighted by Crippen LogP contribution is -2.49. The number of para-hydroxylation sites is 2. The van der Waals surface area contributed by atoms with Gasteiger partial charge in [-0.3, -0.25) is 9.69 Å². The van der Waals surface area contributed by atoms with Crippen molar-refractivity contribution in [3.63, 3.8) is 0 Å². The monoisotopic (exact) mass is 493 g/mol. The third-order valence-corrected chi connectivity index (χ3v) is 6.44. The molecule has 34 heavy (non-hydrogen) atoms. The smallest absolute Gasteiger partial charge is 0.411 e. The summed E-state index contributed by atoms with van der Waals surface area (Å²) >= 11 is 1.45. The van der Waals surface area contributed by atoms with E-state index in [1.54, 1.807) is 0 Å². The van der Waals surface area contributed by atoms with E-state index in [-0.39, 0.29) is 12.5 Å². The predicted molar refractivity (Wildman–Crippen MR) is 124 cm³/mol. The molecule has 1 fully saturated rings. The zero-order valence-corrected chi connectivity index (χ0v) is 19.4. The van der Waals surface area contributed by atoms with Gasteiger partial charge >= 0.3 is 6.18 Å². The predicted octanol–water partition coefficient (Wildman–Crippen LogP) is 4.85. The molecule has 1 aromatic heterocycles. The van der Waals surface area contributed by atoms with Crippen LogP contribution < -0.4 is 0 Å². The van der Waals surface area contributed by atoms with Crippen LogP contribution in [-0.4, -0.2) is 72.8 Å². The van der Waals surface area contributed by atoms with Gasteiger partial charge in [-0.1, -0.05) is 42.1 Å². The lowest BCUT2D eigenvalue weighted by atomic mass is 10.1. The summed E-state index contributed by atoms with van der Waals surface area (Å²) in [5, 5.41) is 0.566. The molecule has 1 aliphatic heterocycles. The van der Waals surface area contributed by atoms with E-state index in [1.807, 2.05) is 53.4 Å². The standard InChI is InChI=1S/C24H26F3N3O3S/c25-24(26,27)17-32-15-5-10-29-11-13-30(14-12-29)22(31)19-7-2-1-6-18(19)16-34-23-28-20-8-3-4-9-21(20)33-23/h1-4,6-9H,5,10-17H2. The summed E-state index contributed by atoms with van der Waals surface area (Å²) in [7, 11) is 0. The number of piperazine rings is 1. The minimum absolute atomic E-state index is 0.0121. The number of nitrogens with zero attached hydrogens (tertiary/aromatic N) is 3. The van der Waals surface area contributed by atoms with Crippen molar-refractivity contribution in [1.82, 2.24) is 14.8 Å². The second-order valence-electron chi connectivity index (χ2n) is 8.05. The van der Waals surface area contributed by atoms with E-state index in [0.29, 0.717) is 55.7 Å². The van der Waals surface area contributed by atoms with Crippen molar-refractivity contribution in [3.05, 3.63) is 59.7 Å². The van der Waals surface area contributed by atoms with Crippen LogP contribution in [0.2, 0.25) is 0 Å². The van der Waals surface area contributed by atoms with Gasteiger partial charge in [-0.05, 0) is 30.2 Å². The molecule has 1 amide bonds. The zero-order chi connectivity index (χ0) is 24.0. The number of carbonyl (C=O) groups excluding carboxylic acids is 1. The average Bonchev–Trinajstić information content (AvgIpc) is 3.25. The molecule has 0 saturated carbocycles. The highest BCUT2D eigenvalue weighted by Crippen LogP contribution is 2.28. The molecule has 6 nitrogen and oxygen atoms in total. The second-order valence-corrected chi connectivity index (χ2v) is 8.98. The van der Waals surface area contributed by atoms with Crippen LogP contribution in [0, 0.1) is 0 Å². The Morgan fingerprint density at radius 3 is 2.56 bits per heavy atom. The molecule has 0 aliphatic carbocycles. The molecule has 0 spiro atoms. The number of carbonyl (C=O) groups is 1. The van der Waals surface area contributed by atoms with Crippen molar-refractivity contribution in [3.8, 4) is 0 Å².